The van der Waals surface area contributed by atoms with Crippen LogP contribution >= 0.6 is 11.6 Å². The van der Waals surface area contributed by atoms with E-state index in [-0.39, 0.29) is 22.5 Å². The van der Waals surface area contributed by atoms with Crippen LogP contribution in [0.25, 0.3) is 0 Å². The maximum absolute atomic E-state index is 13.4. The van der Waals surface area contributed by atoms with Gasteiger partial charge in [-0.05, 0) is 144 Å². The molecule has 0 radical (unpaired) electrons. The van der Waals surface area contributed by atoms with Gasteiger partial charge in [-0.25, -0.2) is 4.21 Å². The lowest BCUT2D eigenvalue weighted by atomic mass is 9.63. The molecule has 2 fully saturated rings. The van der Waals surface area contributed by atoms with Gasteiger partial charge in [0.2, 0.25) is 0 Å². The predicted molar refractivity (Wildman–Crippen MR) is 213 cm³/mol. The molecule has 2 aromatic rings. The summed E-state index contributed by atoms with van der Waals surface area (Å²) >= 11 is 6.52. The standard InChI is InChI=1S/C42H61ClN4O4S/c1-31-10-8-21-42(50-4,29-47-24-7-5-6-22-44-23-25-47)39-18-14-35(39)27-46(3)28-41(20-9-11-34-26-36(43)15-19-38(34)41)30-51-37-16-12-33(13-17-37)40(48)45-52(49)32(31)2/h8,12-13,15-17,19,21,26,31-32,35,39,44H,5-7,9-11,14,18,20,22-25,27-30H2,1-4H3,(H,45,48)/b21-8+/t31?,32?,35?,39?,41-,42-,52?/m0/s1. The Hall–Kier alpha value is -2.27. The fourth-order valence-corrected chi connectivity index (χ4v) is 10.4. The van der Waals surface area contributed by atoms with Crippen LogP contribution in [0.15, 0.2) is 54.6 Å². The van der Waals surface area contributed by atoms with Crippen LogP contribution < -0.4 is 14.8 Å². The van der Waals surface area contributed by atoms with Crippen molar-refractivity contribution < 1.29 is 18.5 Å². The van der Waals surface area contributed by atoms with E-state index in [4.69, 9.17) is 21.1 Å². The maximum Gasteiger partial charge on any atom is 0.262 e. The summed E-state index contributed by atoms with van der Waals surface area (Å²) in [6.07, 6.45) is 14.5. The van der Waals surface area contributed by atoms with Crippen molar-refractivity contribution in [1.82, 2.24) is 19.8 Å². The molecular formula is C42H61ClN4O4S. The third-order valence-electron chi connectivity index (χ3n) is 12.6. The van der Waals surface area contributed by atoms with Gasteiger partial charge in [0.1, 0.15) is 22.3 Å². The Bertz CT molecular complexity index is 1550. The van der Waals surface area contributed by atoms with Crippen LogP contribution in [-0.4, -0.2) is 97.3 Å². The number of halogens is 1. The summed E-state index contributed by atoms with van der Waals surface area (Å²) in [5.74, 6) is 1.36. The lowest BCUT2D eigenvalue weighted by molar-refractivity contribution is -0.0983. The molecule has 2 aromatic carbocycles. The summed E-state index contributed by atoms with van der Waals surface area (Å²) in [4.78, 5) is 18.4. The Morgan fingerprint density at radius 3 is 2.63 bits per heavy atom. The molecule has 7 atom stereocenters. The number of hydrogen-bond acceptors (Lipinski definition) is 7. The number of likely N-dealkylation sites (N-methyl/N-ethyl adjacent to an activating group) is 1. The average Bonchev–Trinajstić information content (AvgIpc) is 3.25. The van der Waals surface area contributed by atoms with E-state index in [1.807, 2.05) is 32.2 Å². The maximum atomic E-state index is 13.4. The van der Waals surface area contributed by atoms with Crippen LogP contribution in [0, 0.1) is 17.8 Å². The number of hydrogen-bond donors (Lipinski definition) is 2. The average molecular weight is 753 g/mol. The fourth-order valence-electron chi connectivity index (χ4n) is 9.18. The molecule has 5 unspecified atom stereocenters. The normalized spacial score (nSPS) is 33.9. The lowest BCUT2D eigenvalue weighted by Crippen LogP contribution is -2.57. The van der Waals surface area contributed by atoms with E-state index in [0.29, 0.717) is 24.0 Å². The topological polar surface area (TPSA) is 83.1 Å². The zero-order valence-corrected chi connectivity index (χ0v) is 33.4. The van der Waals surface area contributed by atoms with Crippen molar-refractivity contribution >= 4 is 28.5 Å². The molecule has 1 spiro atoms. The van der Waals surface area contributed by atoms with Crippen LogP contribution in [0.4, 0.5) is 0 Å². The molecule has 0 aromatic heterocycles. The number of allylic oxidation sites excluding steroid dienone is 1. The number of methoxy groups -OCH3 is 1. The van der Waals surface area contributed by atoms with E-state index in [1.54, 1.807) is 12.1 Å². The fraction of sp³-hybridized carbons (Fsp3) is 0.643. The summed E-state index contributed by atoms with van der Waals surface area (Å²) < 4.78 is 29.5. The number of carbonyl (C=O) groups excluding carboxylic acids is 1. The van der Waals surface area contributed by atoms with Crippen molar-refractivity contribution in [3.05, 3.63) is 76.3 Å². The molecule has 1 amide bonds. The Kier molecular flexibility index (Phi) is 13.6. The Morgan fingerprint density at radius 1 is 1.04 bits per heavy atom. The molecule has 1 saturated heterocycles. The number of benzene rings is 2. The highest BCUT2D eigenvalue weighted by atomic mass is 35.5. The highest BCUT2D eigenvalue weighted by molar-refractivity contribution is 7.84. The first-order valence-corrected chi connectivity index (χ1v) is 21.3. The number of nitrogens with zero attached hydrogens (tertiary/aromatic N) is 2. The molecule has 10 heteroatoms. The van der Waals surface area contributed by atoms with E-state index in [9.17, 15) is 9.00 Å². The van der Waals surface area contributed by atoms with Crippen molar-refractivity contribution in [3.63, 3.8) is 0 Å². The van der Waals surface area contributed by atoms with Gasteiger partial charge in [0.05, 0.1) is 11.9 Å². The second-order valence-corrected chi connectivity index (χ2v) is 18.2. The van der Waals surface area contributed by atoms with Gasteiger partial charge in [0.25, 0.3) is 5.91 Å². The van der Waals surface area contributed by atoms with Crippen LogP contribution in [-0.2, 0) is 27.6 Å². The summed E-state index contributed by atoms with van der Waals surface area (Å²) in [5.41, 5.74) is 2.47. The van der Waals surface area contributed by atoms with Gasteiger partial charge in [-0.15, -0.1) is 0 Å². The van der Waals surface area contributed by atoms with Gasteiger partial charge >= 0.3 is 0 Å². The van der Waals surface area contributed by atoms with Gasteiger partial charge in [-0.1, -0.05) is 43.2 Å². The molecule has 2 aliphatic carbocycles. The van der Waals surface area contributed by atoms with Gasteiger partial charge in [0.15, 0.2) is 0 Å². The number of ether oxygens (including phenoxy) is 2. The number of aryl methyl sites for hydroxylation is 1. The zero-order valence-electron chi connectivity index (χ0n) is 31.8. The minimum Gasteiger partial charge on any atom is -0.493 e. The molecule has 1 saturated carbocycles. The largest absolute Gasteiger partial charge is 0.493 e. The van der Waals surface area contributed by atoms with Crippen molar-refractivity contribution in [2.75, 3.05) is 66.6 Å². The number of rotatable bonds is 3. The molecule has 3 heterocycles. The van der Waals surface area contributed by atoms with Gasteiger partial charge in [-0.2, -0.15) is 0 Å². The smallest absolute Gasteiger partial charge is 0.262 e. The quantitative estimate of drug-likeness (QED) is 0.335. The monoisotopic (exact) mass is 752 g/mol. The molecule has 2 N–H and O–H groups in total. The minimum absolute atomic E-state index is 0.0963. The Morgan fingerprint density at radius 2 is 1.87 bits per heavy atom. The zero-order chi connectivity index (χ0) is 36.7. The molecular weight excluding hydrogens is 692 g/mol. The van der Waals surface area contributed by atoms with Crippen LogP contribution in [0.5, 0.6) is 5.75 Å². The molecule has 8 nitrogen and oxygen atoms in total. The van der Waals surface area contributed by atoms with E-state index >= 15 is 0 Å². The number of carbonyl (C=O) groups is 1. The van der Waals surface area contributed by atoms with Crippen molar-refractivity contribution in [3.8, 4) is 5.75 Å². The predicted octanol–water partition coefficient (Wildman–Crippen LogP) is 6.79. The van der Waals surface area contributed by atoms with E-state index < -0.39 is 16.6 Å². The number of nitrogens with one attached hydrogen (secondary N) is 2. The second-order valence-electron chi connectivity index (χ2n) is 16.2. The summed E-state index contributed by atoms with van der Waals surface area (Å²) in [6, 6.07) is 13.6. The van der Waals surface area contributed by atoms with Crippen molar-refractivity contribution in [1.29, 1.82) is 0 Å². The summed E-state index contributed by atoms with van der Waals surface area (Å²) in [7, 11) is 2.65. The van der Waals surface area contributed by atoms with E-state index in [0.717, 1.165) is 88.7 Å². The third kappa shape index (κ3) is 9.32. The summed E-state index contributed by atoms with van der Waals surface area (Å²) in [6.45, 7) is 11.5. The highest BCUT2D eigenvalue weighted by Gasteiger charge is 2.48. The highest BCUT2D eigenvalue weighted by Crippen LogP contribution is 2.46. The number of fused-ring (bicyclic) bond motifs is 13. The first-order valence-electron chi connectivity index (χ1n) is 19.7. The minimum atomic E-state index is -1.53. The number of amides is 1. The van der Waals surface area contributed by atoms with Crippen molar-refractivity contribution in [2.24, 2.45) is 17.8 Å². The molecule has 286 valence electrons. The second kappa shape index (κ2) is 17.9. The van der Waals surface area contributed by atoms with E-state index in [2.05, 4.69) is 58.1 Å². The van der Waals surface area contributed by atoms with Crippen LogP contribution in [0.3, 0.4) is 0 Å². The molecule has 2 bridgehead atoms. The Labute approximate surface area is 320 Å². The van der Waals surface area contributed by atoms with Gasteiger partial charge in [-0.3, -0.25) is 14.4 Å². The van der Waals surface area contributed by atoms with Crippen molar-refractivity contribution in [2.45, 2.75) is 87.9 Å². The molecule has 52 heavy (non-hydrogen) atoms. The van der Waals surface area contributed by atoms with E-state index in [1.165, 1.54) is 36.8 Å². The SMILES string of the molecule is CO[C@]1(CN2CCCCCNCC2)/C=C/CC(C)C(C)S(=O)NC(=O)c2ccc(cc2)OC[C@]2(CCCc3cc(Cl)ccc32)CN(C)CC2CCC21. The first-order chi connectivity index (χ1) is 25.1. The Balaban J connectivity index is 1.33. The summed E-state index contributed by atoms with van der Waals surface area (Å²) in [5, 5.41) is 4.19. The lowest BCUT2D eigenvalue weighted by Gasteiger charge is -2.51. The molecule has 3 aliphatic heterocycles. The molecule has 7 rings (SSSR count). The third-order valence-corrected chi connectivity index (χ3v) is 14.3. The van der Waals surface area contributed by atoms with Gasteiger partial charge in [0, 0.05) is 55.8 Å². The molecule has 5 aliphatic rings. The van der Waals surface area contributed by atoms with Gasteiger partial charge < -0.3 is 19.7 Å². The van der Waals surface area contributed by atoms with Crippen LogP contribution in [0.2, 0.25) is 5.02 Å². The first kappa shape index (κ1) is 39.4. The van der Waals surface area contributed by atoms with Crippen LogP contribution in [0.1, 0.15) is 86.7 Å².